The molecule has 0 unspecified atom stereocenters. The molecular formula is C21H24F5NO2. The maximum Gasteiger partial charge on any atom is 0.206 e. The van der Waals surface area contributed by atoms with E-state index in [-0.39, 0.29) is 0 Å². The number of hydrogen-bond acceptors (Lipinski definition) is 3. The van der Waals surface area contributed by atoms with Crippen LogP contribution < -0.4 is 15.2 Å². The molecule has 29 heavy (non-hydrogen) atoms. The van der Waals surface area contributed by atoms with E-state index in [4.69, 9.17) is 4.74 Å². The van der Waals surface area contributed by atoms with E-state index < -0.39 is 34.8 Å². The minimum atomic E-state index is -2.20. The molecule has 3 aromatic carbocycles. The fraction of sp³-hybridized carbons (Fsp3) is 0.238. The first-order valence-corrected chi connectivity index (χ1v) is 8.57. The minimum absolute atomic E-state index is 0.804. The number of methoxy groups -OCH3 is 2. The van der Waals surface area contributed by atoms with Gasteiger partial charge in [-0.25, -0.2) is 13.2 Å². The molecule has 0 aromatic heterocycles. The van der Waals surface area contributed by atoms with Gasteiger partial charge in [-0.05, 0) is 18.5 Å². The maximum absolute atomic E-state index is 12.6. The summed E-state index contributed by atoms with van der Waals surface area (Å²) in [5.41, 5.74) is 4.50. The van der Waals surface area contributed by atoms with Crippen LogP contribution in [0.1, 0.15) is 13.8 Å². The molecule has 8 heteroatoms. The second-order valence-electron chi connectivity index (χ2n) is 4.78. The molecular weight excluding hydrogens is 393 g/mol. The summed E-state index contributed by atoms with van der Waals surface area (Å²) >= 11 is 0. The molecule has 0 radical (unpaired) electrons. The quantitative estimate of drug-likeness (QED) is 0.324. The van der Waals surface area contributed by atoms with Crippen LogP contribution in [0, 0.1) is 29.1 Å². The lowest BCUT2D eigenvalue weighted by atomic mass is 10.1. The highest BCUT2D eigenvalue weighted by Gasteiger charge is 2.26. The lowest BCUT2D eigenvalue weighted by Crippen LogP contribution is -2.04. The van der Waals surface area contributed by atoms with Gasteiger partial charge in [0, 0.05) is 5.39 Å². The average Bonchev–Trinajstić information content (AvgIpc) is 2.79. The smallest absolute Gasteiger partial charge is 0.206 e. The highest BCUT2D eigenvalue weighted by molar-refractivity contribution is 5.88. The highest BCUT2D eigenvalue weighted by atomic mass is 19.2. The van der Waals surface area contributed by atoms with Crippen molar-refractivity contribution >= 4 is 10.8 Å². The van der Waals surface area contributed by atoms with Gasteiger partial charge in [0.15, 0.2) is 5.75 Å². The van der Waals surface area contributed by atoms with Crippen LogP contribution in [0.5, 0.6) is 11.5 Å². The first-order chi connectivity index (χ1) is 13.9. The van der Waals surface area contributed by atoms with Crippen molar-refractivity contribution in [3.05, 3.63) is 71.6 Å². The van der Waals surface area contributed by atoms with Crippen molar-refractivity contribution in [3.8, 4) is 11.5 Å². The van der Waals surface area contributed by atoms with E-state index in [0.717, 1.165) is 12.9 Å². The molecule has 0 aliphatic heterocycles. The maximum atomic E-state index is 12.6. The van der Waals surface area contributed by atoms with Crippen molar-refractivity contribution in [1.82, 2.24) is 0 Å². The summed E-state index contributed by atoms with van der Waals surface area (Å²) in [6, 6.07) is 14.2. The standard InChI is InChI=1S/C11H10O.C7H3F5O.C2H6.CH5N/c1-12-11-8-4-6-9-5-2-3-7-10(9)11;1-13-7-5(11)3(9)2(8)4(10)6(7)12;2*1-2/h2-8H,1H3;1H3;1-2H3;2H2,1H3. The molecule has 3 nitrogen and oxygen atoms in total. The first kappa shape index (κ1) is 26.1. The van der Waals surface area contributed by atoms with Crippen LogP contribution in [-0.4, -0.2) is 21.3 Å². The van der Waals surface area contributed by atoms with Crippen molar-refractivity contribution in [2.75, 3.05) is 21.3 Å². The molecule has 160 valence electrons. The summed E-state index contributed by atoms with van der Waals surface area (Å²) < 4.78 is 71.4. The Balaban J connectivity index is 0.000000462. The topological polar surface area (TPSA) is 44.5 Å². The summed E-state index contributed by atoms with van der Waals surface area (Å²) in [6.45, 7) is 4.00. The van der Waals surface area contributed by atoms with Gasteiger partial charge in [0.25, 0.3) is 0 Å². The normalized spacial score (nSPS) is 9.21. The zero-order valence-corrected chi connectivity index (χ0v) is 16.8. The van der Waals surface area contributed by atoms with E-state index in [1.807, 2.05) is 38.1 Å². The van der Waals surface area contributed by atoms with Gasteiger partial charge in [0.2, 0.25) is 29.1 Å². The van der Waals surface area contributed by atoms with Crippen molar-refractivity contribution in [2.45, 2.75) is 13.8 Å². The van der Waals surface area contributed by atoms with Crippen molar-refractivity contribution in [2.24, 2.45) is 5.73 Å². The third kappa shape index (κ3) is 6.32. The Morgan fingerprint density at radius 2 is 1.07 bits per heavy atom. The molecule has 0 saturated heterocycles. The predicted octanol–water partition coefficient (Wildman–Crippen LogP) is 5.84. The Labute approximate surface area is 166 Å². The Morgan fingerprint density at radius 1 is 0.621 bits per heavy atom. The second-order valence-corrected chi connectivity index (χ2v) is 4.78. The summed E-state index contributed by atoms with van der Waals surface area (Å²) in [4.78, 5) is 0. The summed E-state index contributed by atoms with van der Waals surface area (Å²) in [6.07, 6.45) is 0. The van der Waals surface area contributed by atoms with Gasteiger partial charge in [-0.2, -0.15) is 8.78 Å². The highest BCUT2D eigenvalue weighted by Crippen LogP contribution is 2.28. The number of hydrogen-bond donors (Lipinski definition) is 1. The predicted molar refractivity (Wildman–Crippen MR) is 105 cm³/mol. The lowest BCUT2D eigenvalue weighted by molar-refractivity contribution is 0.310. The number of nitrogens with two attached hydrogens (primary N) is 1. The average molecular weight is 417 g/mol. The van der Waals surface area contributed by atoms with Crippen LogP contribution in [0.25, 0.3) is 10.8 Å². The summed E-state index contributed by atoms with van der Waals surface area (Å²) in [5.74, 6) is -10.5. The van der Waals surface area contributed by atoms with E-state index >= 15 is 0 Å². The van der Waals surface area contributed by atoms with Crippen LogP contribution in [-0.2, 0) is 0 Å². The molecule has 0 bridgehead atoms. The number of halogens is 5. The third-order valence-electron chi connectivity index (χ3n) is 3.34. The first-order valence-electron chi connectivity index (χ1n) is 8.57. The number of rotatable bonds is 2. The molecule has 0 spiro atoms. The van der Waals surface area contributed by atoms with Gasteiger partial charge in [0.1, 0.15) is 5.75 Å². The minimum Gasteiger partial charge on any atom is -0.496 e. The Bertz CT molecular complexity index is 869. The molecule has 0 fully saturated rings. The molecule has 3 aromatic rings. The van der Waals surface area contributed by atoms with Crippen LogP contribution in [0.4, 0.5) is 22.0 Å². The fourth-order valence-corrected chi connectivity index (χ4v) is 2.14. The molecule has 0 atom stereocenters. The zero-order valence-electron chi connectivity index (χ0n) is 16.8. The molecule has 0 aliphatic carbocycles. The van der Waals surface area contributed by atoms with E-state index in [0.29, 0.717) is 0 Å². The second kappa shape index (κ2) is 13.3. The van der Waals surface area contributed by atoms with Crippen molar-refractivity contribution in [1.29, 1.82) is 0 Å². The molecule has 0 amide bonds. The van der Waals surface area contributed by atoms with E-state index in [9.17, 15) is 22.0 Å². The van der Waals surface area contributed by atoms with Gasteiger partial charge in [-0.3, -0.25) is 0 Å². The largest absolute Gasteiger partial charge is 0.496 e. The van der Waals surface area contributed by atoms with Crippen molar-refractivity contribution < 1.29 is 31.4 Å². The summed E-state index contributed by atoms with van der Waals surface area (Å²) in [5, 5.41) is 2.39. The van der Waals surface area contributed by atoms with Crippen molar-refractivity contribution in [3.63, 3.8) is 0 Å². The Kier molecular flexibility index (Phi) is 12.0. The Hall–Kier alpha value is -2.87. The molecule has 3 rings (SSSR count). The van der Waals surface area contributed by atoms with Gasteiger partial charge in [0.05, 0.1) is 14.2 Å². The van der Waals surface area contributed by atoms with E-state index in [1.54, 1.807) is 7.11 Å². The van der Waals surface area contributed by atoms with Gasteiger partial charge in [-0.1, -0.05) is 50.2 Å². The number of fused-ring (bicyclic) bond motifs is 1. The fourth-order valence-electron chi connectivity index (χ4n) is 2.14. The molecule has 0 aliphatic rings. The van der Waals surface area contributed by atoms with E-state index in [1.165, 1.54) is 17.8 Å². The number of benzene rings is 3. The van der Waals surface area contributed by atoms with Crippen LogP contribution >= 0.6 is 0 Å². The van der Waals surface area contributed by atoms with Crippen LogP contribution in [0.15, 0.2) is 42.5 Å². The van der Waals surface area contributed by atoms with Gasteiger partial charge >= 0.3 is 0 Å². The van der Waals surface area contributed by atoms with Gasteiger partial charge < -0.3 is 15.2 Å². The summed E-state index contributed by atoms with van der Waals surface area (Å²) in [7, 11) is 4.00. The number of ether oxygens (including phenoxy) is 2. The van der Waals surface area contributed by atoms with Gasteiger partial charge in [-0.15, -0.1) is 0 Å². The zero-order chi connectivity index (χ0) is 22.6. The van der Waals surface area contributed by atoms with Crippen LogP contribution in [0.2, 0.25) is 0 Å². The molecule has 0 heterocycles. The molecule has 2 N–H and O–H groups in total. The molecule has 0 saturated carbocycles. The lowest BCUT2D eigenvalue weighted by Gasteiger charge is -2.05. The third-order valence-corrected chi connectivity index (χ3v) is 3.34. The Morgan fingerprint density at radius 3 is 1.55 bits per heavy atom. The van der Waals surface area contributed by atoms with E-state index in [2.05, 4.69) is 28.7 Å². The monoisotopic (exact) mass is 417 g/mol. The SMILES string of the molecule is CC.CN.COc1c(F)c(F)c(F)c(F)c1F.COc1cccc2ccccc12. The van der Waals surface area contributed by atoms with Crippen LogP contribution in [0.3, 0.4) is 0 Å².